The van der Waals surface area contributed by atoms with Crippen LogP contribution in [0.25, 0.3) is 20.7 Å². The first-order valence-corrected chi connectivity index (χ1v) is 13.4. The van der Waals surface area contributed by atoms with Gasteiger partial charge >= 0.3 is 0 Å². The van der Waals surface area contributed by atoms with Gasteiger partial charge in [-0.15, -0.1) is 11.3 Å². The molecule has 0 spiro atoms. The van der Waals surface area contributed by atoms with Crippen LogP contribution in [0.3, 0.4) is 0 Å². The Morgan fingerprint density at radius 2 is 2.00 bits per heavy atom. The average molecular weight is 511 g/mol. The molecule has 9 nitrogen and oxygen atoms in total. The fourth-order valence-corrected chi connectivity index (χ4v) is 6.06. The minimum atomic E-state index is -0.903. The van der Waals surface area contributed by atoms with Crippen molar-refractivity contribution in [1.82, 2.24) is 20.2 Å². The predicted molar refractivity (Wildman–Crippen MR) is 142 cm³/mol. The summed E-state index contributed by atoms with van der Waals surface area (Å²) in [7, 11) is 0. The standard InChI is InChI=1S/C26H34N6O3S/c1-26(2)23(34)31-25(35)32(26)13-12-28-24-27-11-10-19(30-24)21-15-17-14-18(8-9-20(17)36-21)29-22(33)16-6-4-3-5-7-16/h8-11,14-16,23,25,31,34-35H,3-7,12-13H2,1-2H3,(H,29,33)(H,27,28,30). The summed E-state index contributed by atoms with van der Waals surface area (Å²) in [6.45, 7) is 4.78. The van der Waals surface area contributed by atoms with E-state index in [4.69, 9.17) is 0 Å². The quantitative estimate of drug-likeness (QED) is 0.327. The van der Waals surface area contributed by atoms with E-state index in [1.807, 2.05) is 38.1 Å². The number of carbonyl (C=O) groups is 1. The van der Waals surface area contributed by atoms with E-state index in [0.29, 0.717) is 19.0 Å². The molecule has 2 unspecified atom stereocenters. The lowest BCUT2D eigenvalue weighted by atomic mass is 9.88. The number of fused-ring (bicyclic) bond motifs is 1. The van der Waals surface area contributed by atoms with Crippen LogP contribution in [0.2, 0.25) is 0 Å². The van der Waals surface area contributed by atoms with E-state index in [0.717, 1.165) is 52.0 Å². The van der Waals surface area contributed by atoms with E-state index < -0.39 is 18.1 Å². The smallest absolute Gasteiger partial charge is 0.227 e. The van der Waals surface area contributed by atoms with Crippen molar-refractivity contribution in [2.24, 2.45) is 5.92 Å². The van der Waals surface area contributed by atoms with Gasteiger partial charge in [-0.25, -0.2) is 9.97 Å². The third-order valence-corrected chi connectivity index (χ3v) is 8.45. The molecule has 5 rings (SSSR count). The average Bonchev–Trinajstić information content (AvgIpc) is 3.38. The van der Waals surface area contributed by atoms with E-state index >= 15 is 0 Å². The Labute approximate surface area is 215 Å². The number of rotatable bonds is 7. The molecule has 1 amide bonds. The second kappa shape index (κ2) is 10.4. The van der Waals surface area contributed by atoms with Crippen molar-refractivity contribution in [3.05, 3.63) is 36.5 Å². The summed E-state index contributed by atoms with van der Waals surface area (Å²) in [5.41, 5.74) is 1.06. The number of nitrogens with one attached hydrogen (secondary N) is 3. The molecule has 1 aliphatic heterocycles. The SMILES string of the molecule is CC1(C)C(O)NC(O)N1CCNc1nccc(-c2cc3cc(NC(=O)C4CCCCC4)ccc3s2)n1. The maximum atomic E-state index is 12.6. The largest absolute Gasteiger partial charge is 0.377 e. The Bertz CT molecular complexity index is 1230. The van der Waals surface area contributed by atoms with Crippen LogP contribution in [-0.4, -0.2) is 62.2 Å². The molecule has 1 saturated carbocycles. The lowest BCUT2D eigenvalue weighted by molar-refractivity contribution is -0.120. The third-order valence-electron chi connectivity index (χ3n) is 7.32. The molecular formula is C26H34N6O3S. The van der Waals surface area contributed by atoms with E-state index in [9.17, 15) is 15.0 Å². The summed E-state index contributed by atoms with van der Waals surface area (Å²) in [5, 5.41) is 30.4. The van der Waals surface area contributed by atoms with Gasteiger partial charge in [0.05, 0.1) is 16.1 Å². The molecule has 1 saturated heterocycles. The fraction of sp³-hybridized carbons (Fsp3) is 0.500. The highest BCUT2D eigenvalue weighted by atomic mass is 32.1. The van der Waals surface area contributed by atoms with Crippen molar-refractivity contribution < 1.29 is 15.0 Å². The maximum absolute atomic E-state index is 12.6. The van der Waals surface area contributed by atoms with Gasteiger partial charge in [-0.05, 0) is 62.4 Å². The summed E-state index contributed by atoms with van der Waals surface area (Å²) in [6.07, 6.45) is 5.49. The number of amides is 1. The second-order valence-corrected chi connectivity index (χ2v) is 11.3. The van der Waals surface area contributed by atoms with Crippen LogP contribution >= 0.6 is 11.3 Å². The van der Waals surface area contributed by atoms with Crippen LogP contribution in [0.15, 0.2) is 36.5 Å². The highest BCUT2D eigenvalue weighted by molar-refractivity contribution is 7.22. The first-order valence-electron chi connectivity index (χ1n) is 12.6. The van der Waals surface area contributed by atoms with Crippen molar-refractivity contribution >= 4 is 39.0 Å². The summed E-state index contributed by atoms with van der Waals surface area (Å²) < 4.78 is 1.13. The van der Waals surface area contributed by atoms with Crippen LogP contribution in [0, 0.1) is 5.92 Å². The highest BCUT2D eigenvalue weighted by Crippen LogP contribution is 2.34. The van der Waals surface area contributed by atoms with Crippen LogP contribution in [0.5, 0.6) is 0 Å². The topological polar surface area (TPSA) is 123 Å². The number of thiophene rings is 1. The molecule has 2 aliphatic rings. The molecule has 0 bridgehead atoms. The van der Waals surface area contributed by atoms with Gasteiger partial charge in [-0.2, -0.15) is 0 Å². The van der Waals surface area contributed by atoms with E-state index in [1.54, 1.807) is 22.4 Å². The van der Waals surface area contributed by atoms with Gasteiger partial charge in [-0.1, -0.05) is 19.3 Å². The van der Waals surface area contributed by atoms with Gasteiger partial charge < -0.3 is 20.8 Å². The predicted octanol–water partition coefficient (Wildman–Crippen LogP) is 3.57. The second-order valence-electron chi connectivity index (χ2n) is 10.2. The monoisotopic (exact) mass is 510 g/mol. The minimum Gasteiger partial charge on any atom is -0.377 e. The molecule has 10 heteroatoms. The van der Waals surface area contributed by atoms with Crippen LogP contribution in [0.4, 0.5) is 11.6 Å². The summed E-state index contributed by atoms with van der Waals surface area (Å²) in [5.74, 6) is 0.761. The Morgan fingerprint density at radius 1 is 1.19 bits per heavy atom. The normalized spacial score (nSPS) is 22.7. The minimum absolute atomic E-state index is 0.126. The molecule has 2 atom stereocenters. The first-order chi connectivity index (χ1) is 17.3. The zero-order valence-corrected chi connectivity index (χ0v) is 21.5. The van der Waals surface area contributed by atoms with Gasteiger partial charge in [0.15, 0.2) is 6.35 Å². The van der Waals surface area contributed by atoms with Gasteiger partial charge in [0.1, 0.15) is 6.23 Å². The number of hydrogen-bond donors (Lipinski definition) is 5. The van der Waals surface area contributed by atoms with E-state index in [-0.39, 0.29) is 11.8 Å². The molecule has 1 aliphatic carbocycles. The van der Waals surface area contributed by atoms with Crippen molar-refractivity contribution in [2.45, 2.75) is 64.1 Å². The van der Waals surface area contributed by atoms with Crippen molar-refractivity contribution in [2.75, 3.05) is 23.7 Å². The van der Waals surface area contributed by atoms with Gasteiger partial charge in [0, 0.05) is 35.6 Å². The lowest BCUT2D eigenvalue weighted by Crippen LogP contribution is -2.49. The lowest BCUT2D eigenvalue weighted by Gasteiger charge is -2.33. The van der Waals surface area contributed by atoms with Crippen LogP contribution < -0.4 is 16.0 Å². The Hall–Kier alpha value is -2.63. The van der Waals surface area contributed by atoms with Gasteiger partial charge in [0.2, 0.25) is 11.9 Å². The Balaban J connectivity index is 1.24. The molecule has 192 valence electrons. The first kappa shape index (κ1) is 25.0. The molecule has 3 aromatic rings. The zero-order valence-electron chi connectivity index (χ0n) is 20.7. The van der Waals surface area contributed by atoms with Crippen molar-refractivity contribution in [3.63, 3.8) is 0 Å². The highest BCUT2D eigenvalue weighted by Gasteiger charge is 2.45. The summed E-state index contributed by atoms with van der Waals surface area (Å²) in [4.78, 5) is 24.5. The van der Waals surface area contributed by atoms with Crippen LogP contribution in [-0.2, 0) is 4.79 Å². The molecule has 0 radical (unpaired) electrons. The molecule has 2 aromatic heterocycles. The molecule has 36 heavy (non-hydrogen) atoms. The van der Waals surface area contributed by atoms with Gasteiger partial charge in [-0.3, -0.25) is 15.0 Å². The zero-order chi connectivity index (χ0) is 25.3. The molecule has 1 aromatic carbocycles. The number of nitrogens with zero attached hydrogens (tertiary/aromatic N) is 3. The number of aliphatic hydroxyl groups excluding tert-OH is 2. The summed E-state index contributed by atoms with van der Waals surface area (Å²) >= 11 is 1.65. The fourth-order valence-electron chi connectivity index (χ4n) is 5.04. The molecular weight excluding hydrogens is 476 g/mol. The number of anilines is 2. The Kier molecular flexibility index (Phi) is 7.23. The van der Waals surface area contributed by atoms with Crippen molar-refractivity contribution in [1.29, 1.82) is 0 Å². The number of hydrogen-bond acceptors (Lipinski definition) is 9. The molecule has 5 N–H and O–H groups in total. The van der Waals surface area contributed by atoms with E-state index in [2.05, 4.69) is 32.0 Å². The number of carbonyl (C=O) groups excluding carboxylic acids is 1. The van der Waals surface area contributed by atoms with Gasteiger partial charge in [0.25, 0.3) is 0 Å². The number of benzene rings is 1. The third kappa shape index (κ3) is 5.23. The van der Waals surface area contributed by atoms with Crippen molar-refractivity contribution in [3.8, 4) is 10.6 Å². The van der Waals surface area contributed by atoms with E-state index in [1.165, 1.54) is 6.42 Å². The van der Waals surface area contributed by atoms with Crippen LogP contribution in [0.1, 0.15) is 46.0 Å². The number of aromatic nitrogens is 2. The summed E-state index contributed by atoms with van der Waals surface area (Å²) in [6, 6.07) is 10.0. The Morgan fingerprint density at radius 3 is 2.75 bits per heavy atom. The number of aliphatic hydroxyl groups is 2. The molecule has 3 heterocycles. The molecule has 2 fully saturated rings. The maximum Gasteiger partial charge on any atom is 0.227 e.